The molecule has 0 unspecified atom stereocenters. The van der Waals surface area contributed by atoms with Gasteiger partial charge in [-0.1, -0.05) is 17.3 Å². The monoisotopic (exact) mass is 348 g/mol. The smallest absolute Gasteiger partial charge is 0.273 e. The number of ether oxygens (including phenoxy) is 1. The first-order chi connectivity index (χ1) is 12.7. The molecule has 0 bridgehead atoms. The van der Waals surface area contributed by atoms with Crippen LogP contribution in [0.2, 0.25) is 0 Å². The summed E-state index contributed by atoms with van der Waals surface area (Å²) < 4.78 is 10.4. The summed E-state index contributed by atoms with van der Waals surface area (Å²) in [5, 5.41) is 6.63. The number of hydrogen-bond donors (Lipinski definition) is 2. The quantitative estimate of drug-likeness (QED) is 0.578. The number of imidazole rings is 1. The number of para-hydroxylation sites is 2. The molecule has 0 saturated carbocycles. The SMILES string of the molecule is COc1ccc(-c2cc(C(=O)NCc3nc4ccccc4[nH]3)no2)cc1. The van der Waals surface area contributed by atoms with E-state index >= 15 is 0 Å². The molecular formula is C19H16N4O3. The van der Waals surface area contributed by atoms with E-state index in [1.165, 1.54) is 0 Å². The molecule has 0 fully saturated rings. The fraction of sp³-hybridized carbons (Fsp3) is 0.105. The maximum absolute atomic E-state index is 12.3. The van der Waals surface area contributed by atoms with Crippen molar-refractivity contribution in [3.63, 3.8) is 0 Å². The van der Waals surface area contributed by atoms with Crippen molar-refractivity contribution in [2.75, 3.05) is 7.11 Å². The molecule has 7 nitrogen and oxygen atoms in total. The average molecular weight is 348 g/mol. The van der Waals surface area contributed by atoms with Crippen LogP contribution in [0.4, 0.5) is 0 Å². The number of aromatic nitrogens is 3. The second-order valence-electron chi connectivity index (χ2n) is 5.69. The summed E-state index contributed by atoms with van der Waals surface area (Å²) in [6, 6.07) is 16.6. The molecule has 7 heteroatoms. The molecule has 4 aromatic rings. The lowest BCUT2D eigenvalue weighted by Gasteiger charge is -1.99. The van der Waals surface area contributed by atoms with Crippen molar-refractivity contribution in [1.29, 1.82) is 0 Å². The van der Waals surface area contributed by atoms with Gasteiger partial charge in [-0.2, -0.15) is 0 Å². The van der Waals surface area contributed by atoms with E-state index in [2.05, 4.69) is 20.4 Å². The summed E-state index contributed by atoms with van der Waals surface area (Å²) >= 11 is 0. The highest BCUT2D eigenvalue weighted by atomic mass is 16.5. The van der Waals surface area contributed by atoms with Gasteiger partial charge in [0.25, 0.3) is 5.91 Å². The van der Waals surface area contributed by atoms with Crippen LogP contribution in [0.15, 0.2) is 59.1 Å². The van der Waals surface area contributed by atoms with Crippen LogP contribution in [-0.4, -0.2) is 28.1 Å². The summed E-state index contributed by atoms with van der Waals surface area (Å²) in [5.74, 6) is 1.62. The Kier molecular flexibility index (Phi) is 4.10. The first kappa shape index (κ1) is 15.9. The first-order valence-corrected chi connectivity index (χ1v) is 8.06. The Morgan fingerprint density at radius 3 is 2.77 bits per heavy atom. The number of carbonyl (C=O) groups is 1. The van der Waals surface area contributed by atoms with Crippen molar-refractivity contribution in [3.8, 4) is 17.1 Å². The van der Waals surface area contributed by atoms with Crippen molar-refractivity contribution < 1.29 is 14.1 Å². The van der Waals surface area contributed by atoms with Crippen LogP contribution in [0, 0.1) is 0 Å². The Bertz CT molecular complexity index is 1020. The van der Waals surface area contributed by atoms with Crippen molar-refractivity contribution in [1.82, 2.24) is 20.4 Å². The highest BCUT2D eigenvalue weighted by Crippen LogP contribution is 2.23. The van der Waals surface area contributed by atoms with Crippen LogP contribution in [0.3, 0.4) is 0 Å². The second-order valence-corrected chi connectivity index (χ2v) is 5.69. The number of aromatic amines is 1. The Balaban J connectivity index is 1.44. The highest BCUT2D eigenvalue weighted by Gasteiger charge is 2.14. The molecule has 0 aliphatic rings. The molecule has 0 radical (unpaired) electrons. The van der Waals surface area contributed by atoms with E-state index in [9.17, 15) is 4.79 Å². The number of fused-ring (bicyclic) bond motifs is 1. The lowest BCUT2D eigenvalue weighted by Crippen LogP contribution is -2.23. The maximum Gasteiger partial charge on any atom is 0.273 e. The number of benzene rings is 2. The molecule has 4 rings (SSSR count). The summed E-state index contributed by atoms with van der Waals surface area (Å²) in [6.45, 7) is 0.276. The van der Waals surface area contributed by atoms with E-state index < -0.39 is 0 Å². The summed E-state index contributed by atoms with van der Waals surface area (Å²) in [5.41, 5.74) is 2.82. The largest absolute Gasteiger partial charge is 0.497 e. The fourth-order valence-electron chi connectivity index (χ4n) is 2.62. The molecule has 0 spiro atoms. The summed E-state index contributed by atoms with van der Waals surface area (Å²) in [7, 11) is 1.61. The van der Waals surface area contributed by atoms with E-state index in [4.69, 9.17) is 9.26 Å². The number of nitrogens with zero attached hydrogens (tertiary/aromatic N) is 2. The van der Waals surface area contributed by atoms with Crippen molar-refractivity contribution in [3.05, 3.63) is 66.1 Å². The molecule has 130 valence electrons. The van der Waals surface area contributed by atoms with Gasteiger partial charge >= 0.3 is 0 Å². The minimum atomic E-state index is -0.325. The third kappa shape index (κ3) is 3.14. The van der Waals surface area contributed by atoms with E-state index in [-0.39, 0.29) is 18.1 Å². The molecule has 0 saturated heterocycles. The van der Waals surface area contributed by atoms with Gasteiger partial charge in [-0.3, -0.25) is 4.79 Å². The van der Waals surface area contributed by atoms with Crippen molar-refractivity contribution >= 4 is 16.9 Å². The van der Waals surface area contributed by atoms with E-state index in [0.29, 0.717) is 11.6 Å². The highest BCUT2D eigenvalue weighted by molar-refractivity contribution is 5.93. The predicted molar refractivity (Wildman–Crippen MR) is 95.8 cm³/mol. The number of amides is 1. The molecular weight excluding hydrogens is 332 g/mol. The van der Waals surface area contributed by atoms with Crippen LogP contribution >= 0.6 is 0 Å². The minimum absolute atomic E-state index is 0.215. The van der Waals surface area contributed by atoms with Gasteiger partial charge in [0.2, 0.25) is 0 Å². The van der Waals surface area contributed by atoms with Crippen LogP contribution in [0.1, 0.15) is 16.3 Å². The van der Waals surface area contributed by atoms with Gasteiger partial charge in [0.1, 0.15) is 11.6 Å². The molecule has 0 aliphatic heterocycles. The van der Waals surface area contributed by atoms with Crippen LogP contribution in [-0.2, 0) is 6.54 Å². The Morgan fingerprint density at radius 2 is 2.00 bits per heavy atom. The summed E-state index contributed by atoms with van der Waals surface area (Å²) in [4.78, 5) is 19.9. The average Bonchev–Trinajstić information content (AvgIpc) is 3.33. The fourth-order valence-corrected chi connectivity index (χ4v) is 2.62. The molecule has 0 atom stereocenters. The topological polar surface area (TPSA) is 93.0 Å². The maximum atomic E-state index is 12.3. The molecule has 2 aromatic heterocycles. The predicted octanol–water partition coefficient (Wildman–Crippen LogP) is 3.16. The van der Waals surface area contributed by atoms with E-state index in [1.54, 1.807) is 13.2 Å². The second kappa shape index (κ2) is 6.72. The van der Waals surface area contributed by atoms with Crippen molar-refractivity contribution in [2.24, 2.45) is 0 Å². The normalized spacial score (nSPS) is 10.8. The Labute approximate surface area is 149 Å². The number of hydrogen-bond acceptors (Lipinski definition) is 5. The standard InChI is InChI=1S/C19H16N4O3/c1-25-13-8-6-12(7-9-13)17-10-16(23-26-17)19(24)20-11-18-21-14-4-2-3-5-15(14)22-18/h2-10H,11H2,1H3,(H,20,24)(H,21,22). The van der Waals surface area contributed by atoms with E-state index in [1.807, 2.05) is 48.5 Å². The Hall–Kier alpha value is -3.61. The zero-order valence-corrected chi connectivity index (χ0v) is 14.0. The van der Waals surface area contributed by atoms with Crippen LogP contribution in [0.5, 0.6) is 5.75 Å². The van der Waals surface area contributed by atoms with Gasteiger partial charge < -0.3 is 19.6 Å². The van der Waals surface area contributed by atoms with Gasteiger partial charge in [-0.15, -0.1) is 0 Å². The molecule has 2 heterocycles. The molecule has 2 aromatic carbocycles. The number of rotatable bonds is 5. The minimum Gasteiger partial charge on any atom is -0.497 e. The van der Waals surface area contributed by atoms with Crippen molar-refractivity contribution in [2.45, 2.75) is 6.54 Å². The lowest BCUT2D eigenvalue weighted by molar-refractivity contribution is 0.0941. The number of nitrogens with one attached hydrogen (secondary N) is 2. The van der Waals surface area contributed by atoms with Crippen LogP contribution in [0.25, 0.3) is 22.4 Å². The third-order valence-corrected chi connectivity index (χ3v) is 3.97. The third-order valence-electron chi connectivity index (χ3n) is 3.97. The van der Waals surface area contributed by atoms with Gasteiger partial charge in [0.05, 0.1) is 24.7 Å². The number of methoxy groups -OCH3 is 1. The molecule has 1 amide bonds. The van der Waals surface area contributed by atoms with E-state index in [0.717, 1.165) is 22.3 Å². The molecule has 0 aliphatic carbocycles. The first-order valence-electron chi connectivity index (χ1n) is 8.06. The van der Waals surface area contributed by atoms with Gasteiger partial charge in [0, 0.05) is 11.6 Å². The molecule has 26 heavy (non-hydrogen) atoms. The summed E-state index contributed by atoms with van der Waals surface area (Å²) in [6.07, 6.45) is 0. The van der Waals surface area contributed by atoms with Gasteiger partial charge in [-0.05, 0) is 36.4 Å². The zero-order valence-electron chi connectivity index (χ0n) is 14.0. The molecule has 2 N–H and O–H groups in total. The van der Waals surface area contributed by atoms with Gasteiger partial charge in [0.15, 0.2) is 11.5 Å². The number of carbonyl (C=O) groups excluding carboxylic acids is 1. The Morgan fingerprint density at radius 1 is 1.19 bits per heavy atom. The number of H-pyrrole nitrogens is 1. The van der Waals surface area contributed by atoms with Gasteiger partial charge in [-0.25, -0.2) is 4.98 Å². The zero-order chi connectivity index (χ0) is 17.9. The van der Waals surface area contributed by atoms with Crippen LogP contribution < -0.4 is 10.1 Å². The lowest BCUT2D eigenvalue weighted by atomic mass is 10.1.